The van der Waals surface area contributed by atoms with Gasteiger partial charge >= 0.3 is 0 Å². The van der Waals surface area contributed by atoms with Crippen LogP contribution in [0, 0.1) is 5.92 Å². The van der Waals surface area contributed by atoms with E-state index in [4.69, 9.17) is 5.73 Å². The third kappa shape index (κ3) is 3.62. The molecule has 0 heterocycles. The van der Waals surface area contributed by atoms with E-state index in [1.807, 2.05) is 6.92 Å². The first-order valence-corrected chi connectivity index (χ1v) is 5.52. The molecule has 1 fully saturated rings. The highest BCUT2D eigenvalue weighted by Gasteiger charge is 2.23. The molecule has 0 bridgehead atoms. The zero-order valence-corrected chi connectivity index (χ0v) is 9.09. The molecule has 2 nitrogen and oxygen atoms in total. The lowest BCUT2D eigenvalue weighted by molar-refractivity contribution is -0.123. The maximum Gasteiger partial charge on any atom is 0.136 e. The monoisotopic (exact) mass is 195 g/mol. The van der Waals surface area contributed by atoms with E-state index in [9.17, 15) is 4.79 Å². The normalized spacial score (nSPS) is 27.3. The van der Waals surface area contributed by atoms with Crippen LogP contribution in [0.25, 0.3) is 0 Å². The van der Waals surface area contributed by atoms with Crippen LogP contribution in [0.5, 0.6) is 0 Å². The van der Waals surface area contributed by atoms with Crippen LogP contribution in [-0.4, -0.2) is 11.8 Å². The molecule has 1 saturated carbocycles. The highest BCUT2D eigenvalue weighted by Crippen LogP contribution is 2.25. The van der Waals surface area contributed by atoms with Gasteiger partial charge in [-0.3, -0.25) is 4.79 Å². The summed E-state index contributed by atoms with van der Waals surface area (Å²) in [4.78, 5) is 11.7. The second kappa shape index (κ2) is 5.30. The first-order chi connectivity index (χ1) is 6.59. The molecule has 1 aliphatic rings. The van der Waals surface area contributed by atoms with Gasteiger partial charge in [-0.1, -0.05) is 5.57 Å². The molecule has 1 rings (SSSR count). The second-order valence-electron chi connectivity index (χ2n) is 4.54. The van der Waals surface area contributed by atoms with Crippen molar-refractivity contribution in [1.82, 2.24) is 0 Å². The lowest BCUT2D eigenvalue weighted by atomic mass is 9.82. The van der Waals surface area contributed by atoms with Crippen molar-refractivity contribution >= 4 is 5.78 Å². The molecule has 2 N–H and O–H groups in total. The fourth-order valence-electron chi connectivity index (χ4n) is 1.98. The predicted octanol–water partition coefficient (Wildman–Crippen LogP) is 2.43. The zero-order valence-electron chi connectivity index (χ0n) is 9.09. The molecule has 0 unspecified atom stereocenters. The Hall–Kier alpha value is -0.630. The molecule has 0 radical (unpaired) electrons. The molecular formula is C12H21NO. The molecule has 2 heteroatoms. The van der Waals surface area contributed by atoms with Gasteiger partial charge in [0.25, 0.3) is 0 Å². The van der Waals surface area contributed by atoms with E-state index in [0.717, 1.165) is 37.7 Å². The molecule has 1 aliphatic carbocycles. The third-order valence-electron chi connectivity index (χ3n) is 3.03. The minimum absolute atomic E-state index is 0.286. The molecule has 0 saturated heterocycles. The van der Waals surface area contributed by atoms with E-state index in [1.54, 1.807) is 0 Å². The summed E-state index contributed by atoms with van der Waals surface area (Å²) in [6, 6.07) is 0.334. The number of ketones is 1. The Labute approximate surface area is 86.6 Å². The number of allylic oxidation sites excluding steroid dienone is 1. The van der Waals surface area contributed by atoms with Crippen LogP contribution in [0.1, 0.15) is 45.4 Å². The summed E-state index contributed by atoms with van der Waals surface area (Å²) >= 11 is 0. The number of Topliss-reactive ketones (excluding diaryl/α,β-unsaturated/α-hetero) is 1. The second-order valence-corrected chi connectivity index (χ2v) is 4.54. The van der Waals surface area contributed by atoms with E-state index in [-0.39, 0.29) is 5.92 Å². The number of carbonyl (C=O) groups excluding carboxylic acids is 1. The fourth-order valence-corrected chi connectivity index (χ4v) is 1.98. The highest BCUT2D eigenvalue weighted by atomic mass is 16.1. The van der Waals surface area contributed by atoms with Gasteiger partial charge in [-0.2, -0.15) is 0 Å². The summed E-state index contributed by atoms with van der Waals surface area (Å²) in [6.07, 6.45) is 5.55. The largest absolute Gasteiger partial charge is 0.328 e. The van der Waals surface area contributed by atoms with Gasteiger partial charge in [0.15, 0.2) is 0 Å². The summed E-state index contributed by atoms with van der Waals surface area (Å²) in [7, 11) is 0. The fraction of sp³-hybridized carbons (Fsp3) is 0.750. The topological polar surface area (TPSA) is 43.1 Å². The Balaban J connectivity index is 2.27. The summed E-state index contributed by atoms with van der Waals surface area (Å²) < 4.78 is 0. The minimum atomic E-state index is 0.286. The number of rotatable bonds is 4. The quantitative estimate of drug-likeness (QED) is 0.700. The molecule has 0 aliphatic heterocycles. The summed E-state index contributed by atoms with van der Waals surface area (Å²) in [6.45, 7) is 5.79. The van der Waals surface area contributed by atoms with E-state index in [2.05, 4.69) is 6.58 Å². The molecule has 0 aromatic carbocycles. The van der Waals surface area contributed by atoms with Crippen molar-refractivity contribution in [2.75, 3.05) is 0 Å². The molecule has 0 spiro atoms. The molecule has 0 amide bonds. The van der Waals surface area contributed by atoms with E-state index < -0.39 is 0 Å². The molecular weight excluding hydrogens is 174 g/mol. The molecule has 0 atom stereocenters. The SMILES string of the molecule is C=C(C)CCC(=O)C1CCC(N)CC1. The summed E-state index contributed by atoms with van der Waals surface area (Å²) in [5.41, 5.74) is 6.90. The average Bonchev–Trinajstić information content (AvgIpc) is 2.15. The number of hydrogen-bond donors (Lipinski definition) is 1. The van der Waals surface area contributed by atoms with Crippen molar-refractivity contribution in [3.63, 3.8) is 0 Å². The minimum Gasteiger partial charge on any atom is -0.328 e. The van der Waals surface area contributed by atoms with E-state index >= 15 is 0 Å². The Morgan fingerprint density at radius 2 is 1.86 bits per heavy atom. The number of hydrogen-bond acceptors (Lipinski definition) is 2. The third-order valence-corrected chi connectivity index (χ3v) is 3.03. The summed E-state index contributed by atoms with van der Waals surface area (Å²) in [5.74, 6) is 0.703. The Morgan fingerprint density at radius 3 is 2.36 bits per heavy atom. The Kier molecular flexibility index (Phi) is 4.33. The van der Waals surface area contributed by atoms with Gasteiger partial charge in [0.2, 0.25) is 0 Å². The molecule has 0 aromatic heterocycles. The standard InChI is InChI=1S/C12H21NO/c1-9(2)3-8-12(14)10-4-6-11(13)7-5-10/h10-11H,1,3-8,13H2,2H3. The maximum atomic E-state index is 11.7. The lowest BCUT2D eigenvalue weighted by Crippen LogP contribution is -2.29. The molecule has 80 valence electrons. The first-order valence-electron chi connectivity index (χ1n) is 5.52. The van der Waals surface area contributed by atoms with E-state index in [0.29, 0.717) is 18.2 Å². The lowest BCUT2D eigenvalue weighted by Gasteiger charge is -2.24. The van der Waals surface area contributed by atoms with Crippen molar-refractivity contribution in [1.29, 1.82) is 0 Å². The maximum absolute atomic E-state index is 11.7. The van der Waals surface area contributed by atoms with Gasteiger partial charge in [-0.15, -0.1) is 6.58 Å². The number of nitrogens with two attached hydrogens (primary N) is 1. The van der Waals surface area contributed by atoms with Crippen molar-refractivity contribution in [3.05, 3.63) is 12.2 Å². The Bertz CT molecular complexity index is 214. The highest BCUT2D eigenvalue weighted by molar-refractivity contribution is 5.81. The summed E-state index contributed by atoms with van der Waals surface area (Å²) in [5, 5.41) is 0. The smallest absolute Gasteiger partial charge is 0.136 e. The van der Waals surface area contributed by atoms with Crippen LogP contribution < -0.4 is 5.73 Å². The van der Waals surface area contributed by atoms with Crippen molar-refractivity contribution < 1.29 is 4.79 Å². The van der Waals surface area contributed by atoms with Gasteiger partial charge < -0.3 is 5.73 Å². The molecule has 14 heavy (non-hydrogen) atoms. The van der Waals surface area contributed by atoms with Gasteiger partial charge in [0.1, 0.15) is 5.78 Å². The van der Waals surface area contributed by atoms with Crippen LogP contribution in [0.15, 0.2) is 12.2 Å². The van der Waals surface area contributed by atoms with Gasteiger partial charge in [-0.05, 0) is 39.0 Å². The predicted molar refractivity (Wildman–Crippen MR) is 59.0 cm³/mol. The van der Waals surface area contributed by atoms with Crippen LogP contribution in [-0.2, 0) is 4.79 Å². The zero-order chi connectivity index (χ0) is 10.6. The van der Waals surface area contributed by atoms with Gasteiger partial charge in [-0.25, -0.2) is 0 Å². The number of carbonyl (C=O) groups is 1. The Morgan fingerprint density at radius 1 is 1.29 bits per heavy atom. The van der Waals surface area contributed by atoms with Crippen LogP contribution >= 0.6 is 0 Å². The van der Waals surface area contributed by atoms with Crippen molar-refractivity contribution in [2.45, 2.75) is 51.5 Å². The van der Waals surface area contributed by atoms with Crippen LogP contribution in [0.4, 0.5) is 0 Å². The first kappa shape index (κ1) is 11.4. The molecule has 0 aromatic rings. The van der Waals surface area contributed by atoms with Gasteiger partial charge in [0.05, 0.1) is 0 Å². The van der Waals surface area contributed by atoms with Crippen LogP contribution in [0.2, 0.25) is 0 Å². The van der Waals surface area contributed by atoms with Gasteiger partial charge in [0, 0.05) is 18.4 Å². The average molecular weight is 195 g/mol. The van der Waals surface area contributed by atoms with Crippen molar-refractivity contribution in [2.24, 2.45) is 11.7 Å². The van der Waals surface area contributed by atoms with Crippen LogP contribution in [0.3, 0.4) is 0 Å². The van der Waals surface area contributed by atoms with E-state index in [1.165, 1.54) is 0 Å². The van der Waals surface area contributed by atoms with Crippen molar-refractivity contribution in [3.8, 4) is 0 Å².